The Morgan fingerprint density at radius 2 is 2.17 bits per heavy atom. The Balaban J connectivity index is 2.64. The fourth-order valence-corrected chi connectivity index (χ4v) is 1.14. The number of amides is 1. The molecule has 1 rings (SSSR count). The first-order chi connectivity index (χ1) is 8.34. The van der Waals surface area contributed by atoms with Crippen molar-refractivity contribution in [3.63, 3.8) is 0 Å². The van der Waals surface area contributed by atoms with E-state index in [0.717, 1.165) is 0 Å². The van der Waals surface area contributed by atoms with E-state index in [9.17, 15) is 18.0 Å². The Morgan fingerprint density at radius 1 is 1.50 bits per heavy atom. The molecule has 1 aromatic carbocycles. The highest BCUT2D eigenvalue weighted by Crippen LogP contribution is 2.19. The molecule has 0 bridgehead atoms. The number of halogens is 3. The highest BCUT2D eigenvalue weighted by atomic mass is 19.4. The van der Waals surface area contributed by atoms with E-state index in [1.165, 1.54) is 24.3 Å². The van der Waals surface area contributed by atoms with Crippen molar-refractivity contribution in [3.8, 4) is 6.07 Å². The minimum atomic E-state index is -4.78. The molecule has 0 aliphatic carbocycles. The summed E-state index contributed by atoms with van der Waals surface area (Å²) in [4.78, 5) is 11.4. The third-order valence-corrected chi connectivity index (χ3v) is 2.09. The molecule has 0 fully saturated rings. The Kier molecular flexibility index (Phi) is 4.28. The van der Waals surface area contributed by atoms with E-state index < -0.39 is 24.7 Å². The van der Waals surface area contributed by atoms with E-state index in [1.54, 1.807) is 6.07 Å². The normalized spacial score (nSPS) is 12.6. The molecule has 0 radical (unpaired) electrons. The van der Waals surface area contributed by atoms with E-state index >= 15 is 0 Å². The molecule has 7 heteroatoms. The second kappa shape index (κ2) is 5.51. The van der Waals surface area contributed by atoms with Gasteiger partial charge in [-0.3, -0.25) is 4.79 Å². The lowest BCUT2D eigenvalue weighted by molar-refractivity contribution is -0.201. The Hall–Kier alpha value is -2.07. The number of aliphatic hydroxyl groups is 1. The second-order valence-corrected chi connectivity index (χ2v) is 3.46. The van der Waals surface area contributed by atoms with Gasteiger partial charge in [0.25, 0.3) is 5.91 Å². The highest BCUT2D eigenvalue weighted by Gasteiger charge is 2.38. The molecule has 0 aliphatic rings. The third-order valence-electron chi connectivity index (χ3n) is 2.09. The van der Waals surface area contributed by atoms with Gasteiger partial charge in [0.15, 0.2) is 6.10 Å². The number of nitriles is 1. The summed E-state index contributed by atoms with van der Waals surface area (Å²) >= 11 is 0. The van der Waals surface area contributed by atoms with Gasteiger partial charge in [-0.05, 0) is 18.2 Å². The minimum Gasteiger partial charge on any atom is -0.382 e. The van der Waals surface area contributed by atoms with Crippen LogP contribution in [0.15, 0.2) is 24.3 Å². The largest absolute Gasteiger partial charge is 0.416 e. The predicted molar refractivity (Wildman–Crippen MR) is 55.6 cm³/mol. The number of hydrogen-bond acceptors (Lipinski definition) is 3. The van der Waals surface area contributed by atoms with Gasteiger partial charge in [0.2, 0.25) is 0 Å². The van der Waals surface area contributed by atoms with Crippen molar-refractivity contribution in [2.24, 2.45) is 0 Å². The first kappa shape index (κ1) is 14.0. The molecule has 1 atom stereocenters. The lowest BCUT2D eigenvalue weighted by Crippen LogP contribution is -2.40. The van der Waals surface area contributed by atoms with Gasteiger partial charge in [0, 0.05) is 5.56 Å². The van der Waals surface area contributed by atoms with Crippen LogP contribution in [0.1, 0.15) is 15.9 Å². The molecule has 2 N–H and O–H groups in total. The maximum atomic E-state index is 12.0. The molecule has 0 spiro atoms. The molecule has 96 valence electrons. The first-order valence-corrected chi connectivity index (χ1v) is 4.87. The van der Waals surface area contributed by atoms with Crippen LogP contribution in [0.2, 0.25) is 0 Å². The van der Waals surface area contributed by atoms with Gasteiger partial charge in [0.1, 0.15) is 0 Å². The quantitative estimate of drug-likeness (QED) is 0.855. The Bertz CT molecular complexity index is 480. The van der Waals surface area contributed by atoms with Crippen LogP contribution < -0.4 is 5.32 Å². The standard InChI is InChI=1S/C11H9F3N2O2/c12-11(13,14)9(17)6-16-10(18)8-3-1-2-7(4-8)5-15/h1-4,9,17H,6H2,(H,16,18). The second-order valence-electron chi connectivity index (χ2n) is 3.46. The van der Waals surface area contributed by atoms with Crippen LogP contribution in [-0.2, 0) is 0 Å². The van der Waals surface area contributed by atoms with E-state index in [1.807, 2.05) is 5.32 Å². The zero-order valence-electron chi connectivity index (χ0n) is 9.03. The van der Waals surface area contributed by atoms with Crippen LogP contribution in [0, 0.1) is 11.3 Å². The smallest absolute Gasteiger partial charge is 0.382 e. The van der Waals surface area contributed by atoms with Crippen LogP contribution >= 0.6 is 0 Å². The van der Waals surface area contributed by atoms with Crippen molar-refractivity contribution < 1.29 is 23.1 Å². The number of hydrogen-bond donors (Lipinski definition) is 2. The average Bonchev–Trinajstić information content (AvgIpc) is 2.34. The van der Waals surface area contributed by atoms with E-state index in [4.69, 9.17) is 10.4 Å². The number of carbonyl (C=O) groups excluding carboxylic acids is 1. The minimum absolute atomic E-state index is 0.0587. The van der Waals surface area contributed by atoms with E-state index in [-0.39, 0.29) is 11.1 Å². The number of benzene rings is 1. The van der Waals surface area contributed by atoms with Gasteiger partial charge < -0.3 is 10.4 Å². The maximum Gasteiger partial charge on any atom is 0.416 e. The van der Waals surface area contributed by atoms with Crippen molar-refractivity contribution in [1.82, 2.24) is 5.32 Å². The lowest BCUT2D eigenvalue weighted by atomic mass is 10.1. The fourth-order valence-electron chi connectivity index (χ4n) is 1.14. The topological polar surface area (TPSA) is 73.1 Å². The van der Waals surface area contributed by atoms with Gasteiger partial charge in [-0.1, -0.05) is 6.07 Å². The summed E-state index contributed by atoms with van der Waals surface area (Å²) < 4.78 is 35.9. The Labute approximate surface area is 101 Å². The maximum absolute atomic E-state index is 12.0. The SMILES string of the molecule is N#Cc1cccc(C(=O)NCC(O)C(F)(F)F)c1. The number of aliphatic hydroxyl groups excluding tert-OH is 1. The molecule has 0 saturated carbocycles. The third kappa shape index (κ3) is 3.75. The molecule has 18 heavy (non-hydrogen) atoms. The highest BCUT2D eigenvalue weighted by molar-refractivity contribution is 5.94. The molecule has 1 amide bonds. The van der Waals surface area contributed by atoms with Gasteiger partial charge in [-0.15, -0.1) is 0 Å². The summed E-state index contributed by atoms with van der Waals surface area (Å²) in [5.74, 6) is -0.782. The molecular formula is C11H9F3N2O2. The van der Waals surface area contributed by atoms with Crippen LogP contribution in [0.25, 0.3) is 0 Å². The van der Waals surface area contributed by atoms with E-state index in [2.05, 4.69) is 0 Å². The number of nitrogens with zero attached hydrogens (tertiary/aromatic N) is 1. The summed E-state index contributed by atoms with van der Waals surface area (Å²) in [6.07, 6.45) is -7.39. The predicted octanol–water partition coefficient (Wildman–Crippen LogP) is 1.21. The van der Waals surface area contributed by atoms with Gasteiger partial charge >= 0.3 is 6.18 Å². The monoisotopic (exact) mass is 258 g/mol. The zero-order chi connectivity index (χ0) is 13.8. The van der Waals surface area contributed by atoms with Crippen LogP contribution in [0.4, 0.5) is 13.2 Å². The molecular weight excluding hydrogens is 249 g/mol. The van der Waals surface area contributed by atoms with Crippen molar-refractivity contribution in [2.75, 3.05) is 6.54 Å². The van der Waals surface area contributed by atoms with Gasteiger partial charge in [0.05, 0.1) is 18.2 Å². The van der Waals surface area contributed by atoms with Crippen molar-refractivity contribution in [2.45, 2.75) is 12.3 Å². The zero-order valence-corrected chi connectivity index (χ0v) is 9.03. The first-order valence-electron chi connectivity index (χ1n) is 4.87. The molecule has 0 saturated heterocycles. The number of alkyl halides is 3. The molecule has 0 aliphatic heterocycles. The summed E-state index contributed by atoms with van der Waals surface area (Å²) in [5.41, 5.74) is 0.280. The molecule has 0 aromatic heterocycles. The Morgan fingerprint density at radius 3 is 2.72 bits per heavy atom. The van der Waals surface area contributed by atoms with Crippen molar-refractivity contribution in [3.05, 3.63) is 35.4 Å². The molecule has 1 unspecified atom stereocenters. The molecule has 1 aromatic rings. The summed E-state index contributed by atoms with van der Waals surface area (Å²) in [7, 11) is 0. The van der Waals surface area contributed by atoms with Crippen LogP contribution in [0.3, 0.4) is 0 Å². The lowest BCUT2D eigenvalue weighted by Gasteiger charge is -2.14. The summed E-state index contributed by atoms with van der Waals surface area (Å²) in [6, 6.07) is 7.30. The summed E-state index contributed by atoms with van der Waals surface area (Å²) in [5, 5.41) is 19.2. The van der Waals surface area contributed by atoms with E-state index in [0.29, 0.717) is 0 Å². The molecule has 4 nitrogen and oxygen atoms in total. The number of carbonyl (C=O) groups is 1. The van der Waals surface area contributed by atoms with Gasteiger partial charge in [-0.2, -0.15) is 18.4 Å². The average molecular weight is 258 g/mol. The van der Waals surface area contributed by atoms with Crippen molar-refractivity contribution >= 4 is 5.91 Å². The van der Waals surface area contributed by atoms with Crippen LogP contribution in [0.5, 0.6) is 0 Å². The van der Waals surface area contributed by atoms with Crippen LogP contribution in [-0.4, -0.2) is 29.8 Å². The summed E-state index contributed by atoms with van der Waals surface area (Å²) in [6.45, 7) is -0.931. The number of nitrogens with one attached hydrogen (secondary N) is 1. The fraction of sp³-hybridized carbons (Fsp3) is 0.273. The van der Waals surface area contributed by atoms with Gasteiger partial charge in [-0.25, -0.2) is 0 Å². The molecule has 0 heterocycles. The van der Waals surface area contributed by atoms with Crippen molar-refractivity contribution in [1.29, 1.82) is 5.26 Å². The number of rotatable bonds is 3.